The van der Waals surface area contributed by atoms with Crippen LogP contribution in [0, 0.1) is 5.92 Å². The highest BCUT2D eigenvalue weighted by Crippen LogP contribution is 2.35. The number of benzene rings is 1. The lowest BCUT2D eigenvalue weighted by Crippen LogP contribution is -2.56. The molecule has 2 fully saturated rings. The molecule has 0 unspecified atom stereocenters. The zero-order chi connectivity index (χ0) is 18.2. The molecule has 7 heteroatoms. The fraction of sp³-hybridized carbons (Fsp3) is 0.500. The van der Waals surface area contributed by atoms with Gasteiger partial charge in [-0.2, -0.15) is 0 Å². The summed E-state index contributed by atoms with van der Waals surface area (Å²) >= 11 is 0. The quantitative estimate of drug-likeness (QED) is 0.792. The van der Waals surface area contributed by atoms with Gasteiger partial charge in [0.1, 0.15) is 11.6 Å². The van der Waals surface area contributed by atoms with Crippen LogP contribution in [0.4, 0.5) is 4.79 Å². The summed E-state index contributed by atoms with van der Waals surface area (Å²) in [6, 6.07) is 8.52. The van der Waals surface area contributed by atoms with Crippen LogP contribution in [0.1, 0.15) is 31.4 Å². The van der Waals surface area contributed by atoms with Gasteiger partial charge in [-0.1, -0.05) is 30.3 Å². The lowest BCUT2D eigenvalue weighted by Gasteiger charge is -2.42. The molecule has 0 bridgehead atoms. The van der Waals surface area contributed by atoms with Crippen LogP contribution in [0.25, 0.3) is 0 Å². The number of rotatable bonds is 4. The van der Waals surface area contributed by atoms with Crippen LogP contribution >= 0.6 is 0 Å². The summed E-state index contributed by atoms with van der Waals surface area (Å²) in [5, 5.41) is 2.82. The van der Waals surface area contributed by atoms with E-state index < -0.39 is 17.5 Å². The minimum atomic E-state index is -0.941. The minimum Gasteiger partial charge on any atom is -0.368 e. The van der Waals surface area contributed by atoms with Crippen molar-refractivity contribution in [3.63, 3.8) is 0 Å². The molecule has 7 nitrogen and oxygen atoms in total. The molecule has 2 aliphatic heterocycles. The second-order valence-electron chi connectivity index (χ2n) is 7.05. The van der Waals surface area contributed by atoms with Crippen LogP contribution in [0.5, 0.6) is 0 Å². The van der Waals surface area contributed by atoms with Crippen LogP contribution < -0.4 is 11.1 Å². The van der Waals surface area contributed by atoms with Crippen molar-refractivity contribution in [3.05, 3.63) is 35.9 Å². The number of nitrogens with one attached hydrogen (secondary N) is 1. The Morgan fingerprint density at radius 1 is 1.32 bits per heavy atom. The van der Waals surface area contributed by atoms with Crippen molar-refractivity contribution in [2.45, 2.75) is 31.3 Å². The molecule has 0 aromatic heterocycles. The Morgan fingerprint density at radius 2 is 2.00 bits per heavy atom. The van der Waals surface area contributed by atoms with Gasteiger partial charge in [-0.25, -0.2) is 4.79 Å². The molecule has 3 atom stereocenters. The van der Waals surface area contributed by atoms with Crippen molar-refractivity contribution >= 4 is 17.8 Å². The molecule has 1 aromatic carbocycles. The summed E-state index contributed by atoms with van der Waals surface area (Å²) < 4.78 is 0. The number of urea groups is 1. The van der Waals surface area contributed by atoms with Gasteiger partial charge in [-0.15, -0.1) is 0 Å². The highest BCUT2D eigenvalue weighted by atomic mass is 16.2. The van der Waals surface area contributed by atoms with Crippen molar-refractivity contribution in [2.24, 2.45) is 11.7 Å². The van der Waals surface area contributed by atoms with E-state index in [0.29, 0.717) is 6.54 Å². The number of primary amides is 1. The lowest BCUT2D eigenvalue weighted by molar-refractivity contribution is -0.133. The van der Waals surface area contributed by atoms with E-state index >= 15 is 0 Å². The van der Waals surface area contributed by atoms with Crippen LogP contribution in [0.15, 0.2) is 30.3 Å². The van der Waals surface area contributed by atoms with Crippen molar-refractivity contribution < 1.29 is 14.4 Å². The second-order valence-corrected chi connectivity index (χ2v) is 7.05. The number of hydrogen-bond acceptors (Lipinski definition) is 4. The van der Waals surface area contributed by atoms with E-state index in [4.69, 9.17) is 5.73 Å². The number of nitrogens with zero attached hydrogens (tertiary/aromatic N) is 2. The third-order valence-electron chi connectivity index (χ3n) is 5.44. The lowest BCUT2D eigenvalue weighted by atomic mass is 9.79. The summed E-state index contributed by atoms with van der Waals surface area (Å²) in [5.41, 5.74) is 5.58. The minimum absolute atomic E-state index is 0.0757. The first kappa shape index (κ1) is 17.4. The highest BCUT2D eigenvalue weighted by Gasteiger charge is 2.52. The van der Waals surface area contributed by atoms with E-state index in [0.717, 1.165) is 29.8 Å². The number of likely N-dealkylation sites (tertiary alicyclic amines) is 1. The fourth-order valence-electron chi connectivity index (χ4n) is 3.98. The number of carbonyl (C=O) groups is 3. The fourth-order valence-corrected chi connectivity index (χ4v) is 3.98. The molecule has 134 valence electrons. The van der Waals surface area contributed by atoms with Gasteiger partial charge in [0.15, 0.2) is 0 Å². The van der Waals surface area contributed by atoms with Crippen LogP contribution in [-0.4, -0.2) is 53.3 Å². The topological polar surface area (TPSA) is 95.7 Å². The summed E-state index contributed by atoms with van der Waals surface area (Å²) in [4.78, 5) is 39.7. The zero-order valence-corrected chi connectivity index (χ0v) is 14.6. The average Bonchev–Trinajstić information content (AvgIpc) is 2.80. The average molecular weight is 344 g/mol. The van der Waals surface area contributed by atoms with E-state index in [1.165, 1.54) is 7.05 Å². The Bertz CT molecular complexity index is 693. The third kappa shape index (κ3) is 3.00. The number of amides is 4. The Kier molecular flexibility index (Phi) is 4.51. The van der Waals surface area contributed by atoms with Crippen molar-refractivity contribution in [1.82, 2.24) is 15.1 Å². The predicted octanol–water partition coefficient (Wildman–Crippen LogP) is 0.865. The Labute approximate surface area is 147 Å². The maximum atomic E-state index is 12.5. The summed E-state index contributed by atoms with van der Waals surface area (Å²) in [5.74, 6) is -0.705. The van der Waals surface area contributed by atoms with Gasteiger partial charge in [0.25, 0.3) is 5.91 Å². The first-order valence-electron chi connectivity index (χ1n) is 8.53. The number of carbonyl (C=O) groups excluding carboxylic acids is 3. The number of nitrogens with two attached hydrogens (primary N) is 1. The molecule has 4 amide bonds. The van der Waals surface area contributed by atoms with Crippen LogP contribution in [-0.2, 0) is 9.59 Å². The molecule has 2 heterocycles. The van der Waals surface area contributed by atoms with Gasteiger partial charge in [0.2, 0.25) is 5.91 Å². The number of likely N-dealkylation sites (N-methyl/N-ethyl adjacent to an activating group) is 1. The molecule has 3 N–H and O–H groups in total. The predicted molar refractivity (Wildman–Crippen MR) is 92.4 cm³/mol. The van der Waals surface area contributed by atoms with Crippen LogP contribution in [0.2, 0.25) is 0 Å². The molecular formula is C18H24N4O3. The zero-order valence-electron chi connectivity index (χ0n) is 14.6. The Balaban J connectivity index is 1.84. The van der Waals surface area contributed by atoms with Gasteiger partial charge in [0.05, 0.1) is 0 Å². The van der Waals surface area contributed by atoms with Crippen molar-refractivity contribution in [1.29, 1.82) is 0 Å². The van der Waals surface area contributed by atoms with Gasteiger partial charge >= 0.3 is 6.03 Å². The van der Waals surface area contributed by atoms with Crippen molar-refractivity contribution in [3.8, 4) is 0 Å². The number of hydrogen-bond donors (Lipinski definition) is 2. The van der Waals surface area contributed by atoms with E-state index in [-0.39, 0.29) is 17.9 Å². The Morgan fingerprint density at radius 3 is 2.56 bits per heavy atom. The normalized spacial score (nSPS) is 28.7. The molecule has 3 rings (SSSR count). The van der Waals surface area contributed by atoms with Crippen molar-refractivity contribution in [2.75, 3.05) is 20.1 Å². The van der Waals surface area contributed by atoms with E-state index in [1.807, 2.05) is 35.2 Å². The van der Waals surface area contributed by atoms with Crippen LogP contribution in [0.3, 0.4) is 0 Å². The monoisotopic (exact) mass is 344 g/mol. The summed E-state index contributed by atoms with van der Waals surface area (Å²) in [6.45, 7) is 3.03. The van der Waals surface area contributed by atoms with Gasteiger partial charge in [-0.05, 0) is 31.9 Å². The van der Waals surface area contributed by atoms with E-state index in [1.54, 1.807) is 6.92 Å². The number of piperidine rings is 1. The summed E-state index contributed by atoms with van der Waals surface area (Å²) in [7, 11) is 1.49. The molecule has 0 aliphatic carbocycles. The Hall–Kier alpha value is -2.41. The smallest absolute Gasteiger partial charge is 0.324 e. The molecule has 1 aromatic rings. The SMILES string of the molecule is CN1C(=O)N[C@](C)([C@@H]2CCCN([C@@H](C(N)=O)c3ccccc3)C2)C1=O. The molecule has 2 aliphatic rings. The van der Waals surface area contributed by atoms with Gasteiger partial charge < -0.3 is 11.1 Å². The maximum Gasteiger partial charge on any atom is 0.324 e. The maximum absolute atomic E-state index is 12.5. The molecular weight excluding hydrogens is 320 g/mol. The van der Waals surface area contributed by atoms with Gasteiger partial charge in [-0.3, -0.25) is 19.4 Å². The number of imide groups is 1. The summed E-state index contributed by atoms with van der Waals surface area (Å²) in [6.07, 6.45) is 1.65. The van der Waals surface area contributed by atoms with E-state index in [2.05, 4.69) is 5.32 Å². The molecule has 2 saturated heterocycles. The van der Waals surface area contributed by atoms with Gasteiger partial charge in [0, 0.05) is 19.5 Å². The largest absolute Gasteiger partial charge is 0.368 e. The standard InChI is InChI=1S/C18H24N4O3/c1-18(16(24)21(2)17(25)20-18)13-9-6-10-22(11-13)14(15(19)23)12-7-4-3-5-8-12/h3-5,7-8,13-14H,6,9-11H2,1-2H3,(H2,19,23)(H,20,25)/t13-,14-,18-/m1/s1. The third-order valence-corrected chi connectivity index (χ3v) is 5.44. The highest BCUT2D eigenvalue weighted by molar-refractivity contribution is 6.06. The molecule has 25 heavy (non-hydrogen) atoms. The molecule has 0 saturated carbocycles. The first-order valence-corrected chi connectivity index (χ1v) is 8.53. The molecule has 0 spiro atoms. The second kappa shape index (κ2) is 6.48. The first-order chi connectivity index (χ1) is 11.8. The van der Waals surface area contributed by atoms with E-state index in [9.17, 15) is 14.4 Å². The molecule has 0 radical (unpaired) electrons.